The zero-order chi connectivity index (χ0) is 20.7. The molecule has 5 atom stereocenters. The fourth-order valence-corrected chi connectivity index (χ4v) is 6.41. The minimum atomic E-state index is -0.249. The number of rotatable bonds is 6. The maximum absolute atomic E-state index is 13.0. The first-order chi connectivity index (χ1) is 14.5. The molecule has 1 N–H and O–H groups in total. The van der Waals surface area contributed by atoms with Crippen LogP contribution < -0.4 is 5.32 Å². The predicted molar refractivity (Wildman–Crippen MR) is 113 cm³/mol. The van der Waals surface area contributed by atoms with E-state index >= 15 is 0 Å². The first-order valence-electron chi connectivity index (χ1n) is 11.5. The van der Waals surface area contributed by atoms with E-state index in [1.165, 1.54) is 38.5 Å². The Hall–Kier alpha value is -2.24. The molecule has 3 aliphatic carbocycles. The lowest BCUT2D eigenvalue weighted by atomic mass is 9.79. The third kappa shape index (κ3) is 4.01. The van der Waals surface area contributed by atoms with Crippen LogP contribution in [-0.2, 0) is 11.2 Å². The van der Waals surface area contributed by atoms with Gasteiger partial charge in [0, 0.05) is 25.1 Å². The van der Waals surface area contributed by atoms with Crippen molar-refractivity contribution in [3.8, 4) is 11.5 Å². The van der Waals surface area contributed by atoms with Gasteiger partial charge in [-0.25, -0.2) is 0 Å². The summed E-state index contributed by atoms with van der Waals surface area (Å²) in [6.07, 6.45) is 10.8. The van der Waals surface area contributed by atoms with Crippen LogP contribution in [0.1, 0.15) is 64.7 Å². The summed E-state index contributed by atoms with van der Waals surface area (Å²) >= 11 is 0. The number of aromatic nitrogens is 3. The lowest BCUT2D eigenvalue weighted by molar-refractivity contribution is -0.124. The SMILES string of the molecule is CC(C)(CC(=O)NC1C2CC3CCCC1C(C3)C2)Cc1nc(-c2ccccn2)no1. The highest BCUT2D eigenvalue weighted by Crippen LogP contribution is 2.53. The molecule has 2 aromatic heterocycles. The Bertz CT molecular complexity index is 894. The standard InChI is InChI=1S/C24H32N4O2/c1-24(2,14-21-27-23(28-30-21)19-8-3-4-9-25-19)13-20(29)26-22-17-11-15-6-5-7-18(22)16(10-15)12-17/h3-4,8-9,15-18,22H,5-7,10-14H2,1-2H3,(H,26,29). The number of pyridine rings is 1. The highest BCUT2D eigenvalue weighted by Gasteiger charge is 2.49. The normalized spacial score (nSPS) is 30.3. The van der Waals surface area contributed by atoms with Gasteiger partial charge in [0.1, 0.15) is 5.69 Å². The Morgan fingerprint density at radius 1 is 1.20 bits per heavy atom. The summed E-state index contributed by atoms with van der Waals surface area (Å²) in [5.74, 6) is 4.37. The molecule has 0 aliphatic heterocycles. The number of carbonyl (C=O) groups excluding carboxylic acids is 1. The maximum atomic E-state index is 13.0. The average Bonchev–Trinajstić information content (AvgIpc) is 3.20. The number of amides is 1. The smallest absolute Gasteiger partial charge is 0.227 e. The number of carbonyl (C=O) groups is 1. The van der Waals surface area contributed by atoms with Crippen LogP contribution in [-0.4, -0.2) is 27.1 Å². The Morgan fingerprint density at radius 2 is 2.07 bits per heavy atom. The van der Waals surface area contributed by atoms with Crippen molar-refractivity contribution in [3.05, 3.63) is 30.3 Å². The highest BCUT2D eigenvalue weighted by molar-refractivity contribution is 5.77. The summed E-state index contributed by atoms with van der Waals surface area (Å²) in [7, 11) is 0. The molecule has 160 valence electrons. The van der Waals surface area contributed by atoms with E-state index in [4.69, 9.17) is 4.52 Å². The predicted octanol–water partition coefficient (Wildman–Crippen LogP) is 4.42. The van der Waals surface area contributed by atoms with E-state index in [1.807, 2.05) is 18.2 Å². The van der Waals surface area contributed by atoms with Crippen molar-refractivity contribution >= 4 is 5.91 Å². The molecule has 5 unspecified atom stereocenters. The Kier molecular flexibility index (Phi) is 5.11. The number of hydrogen-bond acceptors (Lipinski definition) is 5. The molecular formula is C24H32N4O2. The molecule has 5 rings (SSSR count). The lowest BCUT2D eigenvalue weighted by Crippen LogP contribution is -2.43. The van der Waals surface area contributed by atoms with Crippen LogP contribution in [0.3, 0.4) is 0 Å². The summed E-state index contributed by atoms with van der Waals surface area (Å²) in [4.78, 5) is 21.7. The third-order valence-corrected chi connectivity index (χ3v) is 7.56. The number of nitrogens with one attached hydrogen (secondary N) is 1. The van der Waals surface area contributed by atoms with Gasteiger partial charge in [-0.3, -0.25) is 9.78 Å². The van der Waals surface area contributed by atoms with Crippen LogP contribution in [0.15, 0.2) is 28.9 Å². The van der Waals surface area contributed by atoms with Crippen molar-refractivity contribution in [3.63, 3.8) is 0 Å². The van der Waals surface area contributed by atoms with Crippen LogP contribution >= 0.6 is 0 Å². The molecule has 3 bridgehead atoms. The number of fused-ring (bicyclic) bond motifs is 2. The van der Waals surface area contributed by atoms with Gasteiger partial charge in [-0.05, 0) is 66.9 Å². The van der Waals surface area contributed by atoms with E-state index in [1.54, 1.807) is 6.20 Å². The summed E-state index contributed by atoms with van der Waals surface area (Å²) in [5.41, 5.74) is 0.446. The molecule has 0 saturated heterocycles. The van der Waals surface area contributed by atoms with Crippen molar-refractivity contribution in [2.24, 2.45) is 29.1 Å². The van der Waals surface area contributed by atoms with E-state index in [9.17, 15) is 4.79 Å². The second kappa shape index (κ2) is 7.78. The zero-order valence-electron chi connectivity index (χ0n) is 18.0. The number of hydrogen-bond donors (Lipinski definition) is 1. The van der Waals surface area contributed by atoms with Gasteiger partial charge >= 0.3 is 0 Å². The van der Waals surface area contributed by atoms with Crippen molar-refractivity contribution < 1.29 is 9.32 Å². The number of nitrogens with zero attached hydrogens (tertiary/aromatic N) is 3. The molecule has 1 amide bonds. The summed E-state index contributed by atoms with van der Waals surface area (Å²) in [6, 6.07) is 6.01. The van der Waals surface area contributed by atoms with Crippen LogP contribution in [0.25, 0.3) is 11.5 Å². The molecule has 0 radical (unpaired) electrons. The summed E-state index contributed by atoms with van der Waals surface area (Å²) in [5, 5.41) is 7.52. The topological polar surface area (TPSA) is 80.9 Å². The summed E-state index contributed by atoms with van der Waals surface area (Å²) < 4.78 is 5.45. The van der Waals surface area contributed by atoms with E-state index in [-0.39, 0.29) is 11.3 Å². The van der Waals surface area contributed by atoms with Crippen molar-refractivity contribution in [1.29, 1.82) is 0 Å². The molecule has 0 spiro atoms. The van der Waals surface area contributed by atoms with Crippen LogP contribution in [0.5, 0.6) is 0 Å². The van der Waals surface area contributed by atoms with Gasteiger partial charge in [0.05, 0.1) is 0 Å². The summed E-state index contributed by atoms with van der Waals surface area (Å²) in [6.45, 7) is 4.20. The molecule has 3 fully saturated rings. The van der Waals surface area contributed by atoms with Gasteiger partial charge in [-0.15, -0.1) is 0 Å². The second-order valence-corrected chi connectivity index (χ2v) is 10.5. The second-order valence-electron chi connectivity index (χ2n) is 10.5. The van der Waals surface area contributed by atoms with Crippen LogP contribution in [0, 0.1) is 29.1 Å². The Balaban J connectivity index is 1.20. The van der Waals surface area contributed by atoms with Gasteiger partial charge in [-0.2, -0.15) is 4.98 Å². The lowest BCUT2D eigenvalue weighted by Gasteiger charge is -2.31. The largest absolute Gasteiger partial charge is 0.353 e. The molecule has 6 nitrogen and oxygen atoms in total. The fourth-order valence-electron chi connectivity index (χ4n) is 6.41. The molecule has 2 heterocycles. The minimum Gasteiger partial charge on any atom is -0.353 e. The average molecular weight is 409 g/mol. The van der Waals surface area contributed by atoms with Gasteiger partial charge < -0.3 is 9.84 Å². The van der Waals surface area contributed by atoms with Gasteiger partial charge in [0.2, 0.25) is 17.6 Å². The Labute approximate surface area is 178 Å². The van der Waals surface area contributed by atoms with Gasteiger partial charge in [0.25, 0.3) is 0 Å². The molecule has 30 heavy (non-hydrogen) atoms. The van der Waals surface area contributed by atoms with Crippen molar-refractivity contribution in [1.82, 2.24) is 20.4 Å². The fraction of sp³-hybridized carbons (Fsp3) is 0.667. The zero-order valence-corrected chi connectivity index (χ0v) is 18.0. The molecule has 3 saturated carbocycles. The van der Waals surface area contributed by atoms with Gasteiger partial charge in [-0.1, -0.05) is 37.9 Å². The minimum absolute atomic E-state index is 0.170. The van der Waals surface area contributed by atoms with Crippen molar-refractivity contribution in [2.45, 2.75) is 71.3 Å². The highest BCUT2D eigenvalue weighted by atomic mass is 16.5. The van der Waals surface area contributed by atoms with E-state index in [2.05, 4.69) is 34.3 Å². The van der Waals surface area contributed by atoms with E-state index in [0.29, 0.717) is 48.1 Å². The first kappa shape index (κ1) is 19.7. The van der Waals surface area contributed by atoms with Crippen molar-refractivity contribution in [2.75, 3.05) is 0 Å². The van der Waals surface area contributed by atoms with E-state index in [0.717, 1.165) is 11.8 Å². The third-order valence-electron chi connectivity index (χ3n) is 7.56. The molecule has 6 heteroatoms. The monoisotopic (exact) mass is 408 g/mol. The Morgan fingerprint density at radius 3 is 2.90 bits per heavy atom. The first-order valence-corrected chi connectivity index (χ1v) is 11.5. The van der Waals surface area contributed by atoms with Gasteiger partial charge in [0.15, 0.2) is 0 Å². The molecule has 2 aromatic rings. The maximum Gasteiger partial charge on any atom is 0.227 e. The van der Waals surface area contributed by atoms with Crippen LogP contribution in [0.4, 0.5) is 0 Å². The van der Waals surface area contributed by atoms with E-state index < -0.39 is 0 Å². The van der Waals surface area contributed by atoms with Crippen LogP contribution in [0.2, 0.25) is 0 Å². The molecule has 3 aliphatic rings. The molecule has 0 aromatic carbocycles. The molecular weight excluding hydrogens is 376 g/mol. The quantitative estimate of drug-likeness (QED) is 0.765.